The molecule has 2 nitrogen and oxygen atoms in total. The first-order valence-corrected chi connectivity index (χ1v) is 10.0. The number of quaternary nitrogens is 2. The third-order valence-electron chi connectivity index (χ3n) is 5.03. The van der Waals surface area contributed by atoms with Crippen LogP contribution in [0.4, 0.5) is 11.4 Å². The van der Waals surface area contributed by atoms with Crippen molar-refractivity contribution in [2.75, 3.05) is 0 Å². The molecule has 0 spiro atoms. The lowest BCUT2D eigenvalue weighted by molar-refractivity contribution is -0.607. The van der Waals surface area contributed by atoms with Gasteiger partial charge in [-0.3, -0.25) is 0 Å². The normalized spacial score (nSPS) is 14.3. The molecule has 1 heterocycles. The van der Waals surface area contributed by atoms with Gasteiger partial charge < -0.3 is 35.4 Å². The molecule has 0 bridgehead atoms. The van der Waals surface area contributed by atoms with Crippen molar-refractivity contribution in [3.8, 4) is 0 Å². The first kappa shape index (κ1) is 23.3. The van der Waals surface area contributed by atoms with Gasteiger partial charge in [0.25, 0.3) is 0 Å². The van der Waals surface area contributed by atoms with E-state index in [2.05, 4.69) is 74.7 Å². The van der Waals surface area contributed by atoms with Gasteiger partial charge in [0.05, 0.1) is 12.1 Å². The highest BCUT2D eigenvalue weighted by Gasteiger charge is 2.19. The molecule has 0 saturated carbocycles. The Morgan fingerprint density at radius 2 is 1.23 bits per heavy atom. The van der Waals surface area contributed by atoms with Gasteiger partial charge in [-0.05, 0) is 56.4 Å². The van der Waals surface area contributed by atoms with Crippen LogP contribution in [0.25, 0.3) is 0 Å². The van der Waals surface area contributed by atoms with Gasteiger partial charge in [0, 0.05) is 21.9 Å². The minimum Gasteiger partial charge on any atom is -1.00 e. The van der Waals surface area contributed by atoms with Gasteiger partial charge in [0.2, 0.25) is 0 Å². The van der Waals surface area contributed by atoms with Gasteiger partial charge in [-0.2, -0.15) is 0 Å². The van der Waals surface area contributed by atoms with Crippen molar-refractivity contribution in [1.82, 2.24) is 0 Å². The molecule has 26 heavy (non-hydrogen) atoms. The molecule has 5 heteroatoms. The predicted octanol–water partition coefficient (Wildman–Crippen LogP) is -2.26. The molecular formula is C21H30Cl2N2S. The molecule has 3 rings (SSSR count). The lowest BCUT2D eigenvalue weighted by Crippen LogP contribution is -3.00. The highest BCUT2D eigenvalue weighted by molar-refractivity contribution is 7.99. The zero-order chi connectivity index (χ0) is 17.1. The molecule has 4 N–H and O–H groups in total. The molecule has 1 aliphatic heterocycles. The summed E-state index contributed by atoms with van der Waals surface area (Å²) in [6, 6.07) is 15.2. The highest BCUT2D eigenvalue weighted by atomic mass is 35.5. The van der Waals surface area contributed by atoms with E-state index in [0.717, 1.165) is 6.42 Å². The number of benzene rings is 2. The molecule has 0 fully saturated rings. The van der Waals surface area contributed by atoms with Crippen LogP contribution in [0, 0.1) is 0 Å². The summed E-state index contributed by atoms with van der Waals surface area (Å²) in [6.45, 7) is 9.08. The molecule has 0 aromatic heterocycles. The topological polar surface area (TPSA) is 33.2 Å². The number of fused-ring (bicyclic) bond motifs is 2. The van der Waals surface area contributed by atoms with Crippen molar-refractivity contribution in [3.05, 3.63) is 47.5 Å². The Hall–Kier alpha value is -0.710. The Balaban J connectivity index is 0.00000169. The van der Waals surface area contributed by atoms with Gasteiger partial charge in [-0.25, -0.2) is 0 Å². The van der Waals surface area contributed by atoms with Crippen LogP contribution in [-0.2, 0) is 6.42 Å². The zero-order valence-corrected chi connectivity index (χ0v) is 18.4. The van der Waals surface area contributed by atoms with E-state index in [1.807, 2.05) is 11.8 Å². The van der Waals surface area contributed by atoms with E-state index in [1.54, 1.807) is 0 Å². The van der Waals surface area contributed by atoms with Gasteiger partial charge in [0.15, 0.2) is 0 Å². The van der Waals surface area contributed by atoms with Crippen LogP contribution in [0.5, 0.6) is 0 Å². The SMILES string of the molecule is CCC(C)[NH2+]c1ccc2c(c1)Sc1cc([NH2+]C(C)CC)ccc1C2.[Cl-].[Cl-]. The molecule has 1 aliphatic rings. The fourth-order valence-electron chi connectivity index (χ4n) is 3.05. The molecule has 0 aliphatic carbocycles. The van der Waals surface area contributed by atoms with Crippen molar-refractivity contribution < 1.29 is 35.4 Å². The average molecular weight is 413 g/mol. The van der Waals surface area contributed by atoms with E-state index >= 15 is 0 Å². The summed E-state index contributed by atoms with van der Waals surface area (Å²) < 4.78 is 0. The Morgan fingerprint density at radius 3 is 1.62 bits per heavy atom. The summed E-state index contributed by atoms with van der Waals surface area (Å²) in [5.41, 5.74) is 5.66. The van der Waals surface area contributed by atoms with E-state index in [1.165, 1.54) is 45.1 Å². The molecular weight excluding hydrogens is 383 g/mol. The Kier molecular flexibility index (Phi) is 9.49. The van der Waals surface area contributed by atoms with Gasteiger partial charge >= 0.3 is 0 Å². The van der Waals surface area contributed by atoms with E-state index in [9.17, 15) is 0 Å². The first-order chi connectivity index (χ1) is 11.6. The number of halogens is 2. The summed E-state index contributed by atoms with van der Waals surface area (Å²) in [4.78, 5) is 2.86. The maximum Gasteiger partial charge on any atom is 0.130 e. The molecule has 0 saturated heterocycles. The third-order valence-corrected chi connectivity index (χ3v) is 6.22. The van der Waals surface area contributed by atoms with Gasteiger partial charge in [0.1, 0.15) is 11.4 Å². The molecule has 0 amide bonds. The molecule has 0 radical (unpaired) electrons. The Labute approximate surface area is 174 Å². The average Bonchev–Trinajstić information content (AvgIpc) is 2.59. The van der Waals surface area contributed by atoms with Crippen LogP contribution in [0.15, 0.2) is 46.2 Å². The van der Waals surface area contributed by atoms with E-state index in [0.29, 0.717) is 12.1 Å². The standard InChI is InChI=1S/C21H28N2S.2ClH/c1-5-14(3)22-18-9-7-16-11-17-8-10-19(23-15(4)6-2)13-21(17)24-20(16)12-18;;/h7-10,12-15,22-23H,5-6,11H2,1-4H3;2*1H. The maximum atomic E-state index is 2.39. The second kappa shape index (κ2) is 10.6. The van der Waals surface area contributed by atoms with Crippen molar-refractivity contribution >= 4 is 23.1 Å². The van der Waals surface area contributed by atoms with Gasteiger partial charge in [-0.15, -0.1) is 0 Å². The van der Waals surface area contributed by atoms with Crippen LogP contribution in [0.1, 0.15) is 51.7 Å². The third kappa shape index (κ3) is 5.64. The van der Waals surface area contributed by atoms with E-state index in [-0.39, 0.29) is 24.8 Å². The summed E-state index contributed by atoms with van der Waals surface area (Å²) in [6.07, 6.45) is 3.45. The van der Waals surface area contributed by atoms with Crippen molar-refractivity contribution in [3.63, 3.8) is 0 Å². The number of hydrogen-bond donors (Lipinski definition) is 2. The monoisotopic (exact) mass is 412 g/mol. The van der Waals surface area contributed by atoms with Crippen LogP contribution >= 0.6 is 11.8 Å². The molecule has 2 atom stereocenters. The molecule has 2 aromatic carbocycles. The van der Waals surface area contributed by atoms with Crippen molar-refractivity contribution in [1.29, 1.82) is 0 Å². The summed E-state index contributed by atoms with van der Waals surface area (Å²) in [5.74, 6) is 0. The second-order valence-electron chi connectivity index (χ2n) is 7.12. The van der Waals surface area contributed by atoms with E-state index < -0.39 is 0 Å². The quantitative estimate of drug-likeness (QED) is 0.440. The summed E-state index contributed by atoms with van der Waals surface area (Å²) in [7, 11) is 0. The lowest BCUT2D eigenvalue weighted by atomic mass is 10.0. The van der Waals surface area contributed by atoms with Gasteiger partial charge in [-0.1, -0.05) is 37.7 Å². The fourth-order valence-corrected chi connectivity index (χ4v) is 4.22. The maximum absolute atomic E-state index is 2.39. The van der Waals surface area contributed by atoms with Crippen LogP contribution in [0.2, 0.25) is 0 Å². The highest BCUT2D eigenvalue weighted by Crippen LogP contribution is 2.40. The van der Waals surface area contributed by atoms with Crippen LogP contribution < -0.4 is 35.4 Å². The van der Waals surface area contributed by atoms with Crippen molar-refractivity contribution in [2.24, 2.45) is 0 Å². The van der Waals surface area contributed by atoms with Crippen molar-refractivity contribution in [2.45, 2.75) is 68.8 Å². The number of rotatable bonds is 6. The zero-order valence-electron chi connectivity index (χ0n) is 16.1. The summed E-state index contributed by atoms with van der Waals surface area (Å²) in [5, 5.41) is 4.78. The summed E-state index contributed by atoms with van der Waals surface area (Å²) >= 11 is 1.94. The minimum atomic E-state index is 0. The predicted molar refractivity (Wildman–Crippen MR) is 102 cm³/mol. The smallest absolute Gasteiger partial charge is 0.130 e. The van der Waals surface area contributed by atoms with Crippen LogP contribution in [0.3, 0.4) is 0 Å². The number of nitrogens with two attached hydrogens (primary N) is 2. The molecule has 2 unspecified atom stereocenters. The first-order valence-electron chi connectivity index (χ1n) is 9.22. The molecule has 2 aromatic rings. The van der Waals surface area contributed by atoms with E-state index in [4.69, 9.17) is 0 Å². The largest absolute Gasteiger partial charge is 1.00 e. The Morgan fingerprint density at radius 1 is 0.808 bits per heavy atom. The number of hydrogen-bond acceptors (Lipinski definition) is 1. The van der Waals surface area contributed by atoms with Crippen LogP contribution in [-0.4, -0.2) is 12.1 Å². The second-order valence-corrected chi connectivity index (χ2v) is 8.20. The minimum absolute atomic E-state index is 0. The molecule has 144 valence electrons. The lowest BCUT2D eigenvalue weighted by Gasteiger charge is -2.20. The Bertz CT molecular complexity index is 662. The fraction of sp³-hybridized carbons (Fsp3) is 0.429.